The molecule has 1 aromatic carbocycles. The Balaban J connectivity index is 1.98. The van der Waals surface area contributed by atoms with Crippen LogP contribution >= 0.6 is 23.1 Å². The van der Waals surface area contributed by atoms with E-state index in [9.17, 15) is 4.79 Å². The molecule has 0 unspecified atom stereocenters. The van der Waals surface area contributed by atoms with Crippen molar-refractivity contribution in [1.82, 2.24) is 4.98 Å². The topological polar surface area (TPSA) is 68.0 Å². The largest absolute Gasteiger partial charge is 0.325 e. The Morgan fingerprint density at radius 3 is 2.45 bits per heavy atom. The molecule has 0 fully saturated rings. The minimum atomic E-state index is -0.542. The molecule has 1 heterocycles. The van der Waals surface area contributed by atoms with Gasteiger partial charge in [0.2, 0.25) is 5.91 Å². The van der Waals surface area contributed by atoms with E-state index in [1.807, 2.05) is 57.3 Å². The summed E-state index contributed by atoms with van der Waals surface area (Å²) >= 11 is 3.25. The number of anilines is 1. The van der Waals surface area contributed by atoms with E-state index in [0.717, 1.165) is 20.6 Å². The monoisotopic (exact) mass is 335 g/mol. The van der Waals surface area contributed by atoms with Gasteiger partial charge in [-0.2, -0.15) is 0 Å². The van der Waals surface area contributed by atoms with Gasteiger partial charge < -0.3 is 11.1 Å². The first kappa shape index (κ1) is 17.0. The van der Waals surface area contributed by atoms with Gasteiger partial charge in [-0.15, -0.1) is 11.3 Å². The average Bonchev–Trinajstić information content (AvgIpc) is 2.84. The van der Waals surface area contributed by atoms with Gasteiger partial charge in [0, 0.05) is 21.7 Å². The van der Waals surface area contributed by atoms with Crippen molar-refractivity contribution in [2.45, 2.75) is 43.0 Å². The molecule has 6 heteroatoms. The summed E-state index contributed by atoms with van der Waals surface area (Å²) in [7, 11) is 0. The van der Waals surface area contributed by atoms with E-state index in [2.05, 4.69) is 10.3 Å². The third-order valence-corrected chi connectivity index (χ3v) is 5.20. The van der Waals surface area contributed by atoms with E-state index in [1.54, 1.807) is 23.1 Å². The lowest BCUT2D eigenvalue weighted by molar-refractivity contribution is -0.119. The van der Waals surface area contributed by atoms with Crippen LogP contribution in [0.25, 0.3) is 0 Å². The first-order valence-corrected chi connectivity index (χ1v) is 8.72. The highest BCUT2D eigenvalue weighted by atomic mass is 32.2. The van der Waals surface area contributed by atoms with Crippen molar-refractivity contribution in [2.24, 2.45) is 11.1 Å². The number of nitrogens with one attached hydrogen (secondary N) is 1. The Labute approximate surface area is 139 Å². The van der Waals surface area contributed by atoms with Crippen molar-refractivity contribution in [3.05, 3.63) is 35.3 Å². The third kappa shape index (κ3) is 4.56. The molecule has 1 atom stereocenters. The number of nitrogens with two attached hydrogens (primary N) is 1. The Bertz CT molecular complexity index is 644. The zero-order chi connectivity index (χ0) is 16.3. The van der Waals surface area contributed by atoms with Crippen LogP contribution in [0.15, 0.2) is 38.9 Å². The van der Waals surface area contributed by atoms with Crippen molar-refractivity contribution in [3.63, 3.8) is 0 Å². The smallest absolute Gasteiger partial charge is 0.241 e. The summed E-state index contributed by atoms with van der Waals surface area (Å²) in [5.74, 6) is -0.163. The molecule has 0 radical (unpaired) electrons. The van der Waals surface area contributed by atoms with E-state index in [4.69, 9.17) is 5.73 Å². The molecule has 2 aromatic rings. The van der Waals surface area contributed by atoms with Crippen LogP contribution in [0.1, 0.15) is 26.5 Å². The van der Waals surface area contributed by atoms with Crippen molar-refractivity contribution in [3.8, 4) is 0 Å². The lowest BCUT2D eigenvalue weighted by atomic mass is 9.87. The van der Waals surface area contributed by atoms with Gasteiger partial charge in [0.1, 0.15) is 0 Å². The number of benzene rings is 1. The van der Waals surface area contributed by atoms with Crippen LogP contribution in [0.4, 0.5) is 5.69 Å². The molecule has 0 aliphatic rings. The number of nitrogens with zero attached hydrogens (tertiary/aromatic N) is 1. The van der Waals surface area contributed by atoms with Crippen LogP contribution in [0.5, 0.6) is 0 Å². The van der Waals surface area contributed by atoms with Gasteiger partial charge in [-0.3, -0.25) is 4.79 Å². The number of rotatable bonds is 4. The fourth-order valence-corrected chi connectivity index (χ4v) is 3.51. The Morgan fingerprint density at radius 1 is 1.32 bits per heavy atom. The molecule has 2 rings (SSSR count). The van der Waals surface area contributed by atoms with Gasteiger partial charge in [-0.25, -0.2) is 4.98 Å². The van der Waals surface area contributed by atoms with Crippen LogP contribution < -0.4 is 11.1 Å². The second-order valence-corrected chi connectivity index (χ2v) is 8.39. The van der Waals surface area contributed by atoms with Crippen LogP contribution in [0.2, 0.25) is 0 Å². The second kappa shape index (κ2) is 6.81. The summed E-state index contributed by atoms with van der Waals surface area (Å²) < 4.78 is 1.02. The lowest BCUT2D eigenvalue weighted by Crippen LogP contribution is -2.45. The molecule has 4 nitrogen and oxygen atoms in total. The van der Waals surface area contributed by atoms with E-state index >= 15 is 0 Å². The molecule has 0 aliphatic carbocycles. The highest BCUT2D eigenvalue weighted by Crippen LogP contribution is 2.31. The molecule has 0 bridgehead atoms. The molecule has 0 spiro atoms. The third-order valence-electron chi connectivity index (χ3n) is 3.14. The minimum absolute atomic E-state index is 0.163. The number of amides is 1. The summed E-state index contributed by atoms with van der Waals surface area (Å²) in [6.07, 6.45) is 0. The first-order valence-electron chi connectivity index (χ1n) is 7.02. The summed E-state index contributed by atoms with van der Waals surface area (Å²) in [5, 5.41) is 4.89. The highest BCUT2D eigenvalue weighted by molar-refractivity contribution is 8.01. The molecule has 22 heavy (non-hydrogen) atoms. The molecular weight excluding hydrogens is 314 g/mol. The predicted molar refractivity (Wildman–Crippen MR) is 93.5 cm³/mol. The maximum absolute atomic E-state index is 12.1. The highest BCUT2D eigenvalue weighted by Gasteiger charge is 2.27. The van der Waals surface area contributed by atoms with Crippen molar-refractivity contribution in [1.29, 1.82) is 0 Å². The molecule has 3 N–H and O–H groups in total. The van der Waals surface area contributed by atoms with Crippen LogP contribution in [0.3, 0.4) is 0 Å². The molecule has 118 valence electrons. The molecule has 0 aliphatic heterocycles. The Morgan fingerprint density at radius 2 is 1.95 bits per heavy atom. The molecule has 1 amide bonds. The standard InChI is InChI=1S/C16H21N3OS2/c1-10-9-21-15(18-10)22-12-7-5-11(6-8-12)19-14(20)13(17)16(2,3)4/h5-9,13H,17H2,1-4H3,(H,19,20)/t13-/m1/s1. The Hall–Kier alpha value is -1.37. The van der Waals surface area contributed by atoms with Crippen molar-refractivity contribution >= 4 is 34.7 Å². The fourth-order valence-electron chi connectivity index (χ4n) is 1.70. The van der Waals surface area contributed by atoms with Gasteiger partial charge in [-0.1, -0.05) is 32.5 Å². The van der Waals surface area contributed by atoms with E-state index in [1.165, 1.54) is 0 Å². The molecule has 1 aromatic heterocycles. The van der Waals surface area contributed by atoms with Crippen molar-refractivity contribution < 1.29 is 4.79 Å². The lowest BCUT2D eigenvalue weighted by Gasteiger charge is -2.25. The molecule has 0 saturated carbocycles. The number of aromatic nitrogens is 1. The number of carbonyl (C=O) groups is 1. The number of hydrogen-bond donors (Lipinski definition) is 2. The van der Waals surface area contributed by atoms with Gasteiger partial charge in [0.25, 0.3) is 0 Å². The molecular formula is C16H21N3OS2. The van der Waals surface area contributed by atoms with Crippen molar-refractivity contribution in [2.75, 3.05) is 5.32 Å². The van der Waals surface area contributed by atoms with Gasteiger partial charge in [0.05, 0.1) is 6.04 Å². The summed E-state index contributed by atoms with van der Waals surface area (Å²) in [5.41, 5.74) is 7.48. The molecule has 0 saturated heterocycles. The zero-order valence-electron chi connectivity index (χ0n) is 13.2. The Kier molecular flexibility index (Phi) is 5.26. The number of carbonyl (C=O) groups excluding carboxylic acids is 1. The van der Waals surface area contributed by atoms with E-state index in [0.29, 0.717) is 0 Å². The van der Waals surface area contributed by atoms with Crippen LogP contribution in [-0.4, -0.2) is 16.9 Å². The maximum Gasteiger partial charge on any atom is 0.241 e. The zero-order valence-corrected chi connectivity index (χ0v) is 14.8. The number of hydrogen-bond acceptors (Lipinski definition) is 5. The maximum atomic E-state index is 12.1. The van der Waals surface area contributed by atoms with E-state index < -0.39 is 6.04 Å². The summed E-state index contributed by atoms with van der Waals surface area (Å²) in [4.78, 5) is 17.6. The quantitative estimate of drug-likeness (QED) is 0.889. The average molecular weight is 335 g/mol. The van der Waals surface area contributed by atoms with Crippen LogP contribution in [0, 0.1) is 12.3 Å². The second-order valence-electron chi connectivity index (χ2n) is 6.21. The first-order chi connectivity index (χ1) is 10.3. The number of thiazole rings is 1. The van der Waals surface area contributed by atoms with Crippen LogP contribution in [-0.2, 0) is 4.79 Å². The number of aryl methyl sites for hydroxylation is 1. The van der Waals surface area contributed by atoms with Gasteiger partial charge in [-0.05, 0) is 36.6 Å². The van der Waals surface area contributed by atoms with E-state index in [-0.39, 0.29) is 11.3 Å². The normalized spacial score (nSPS) is 13.0. The van der Waals surface area contributed by atoms with Gasteiger partial charge >= 0.3 is 0 Å². The fraction of sp³-hybridized carbons (Fsp3) is 0.375. The summed E-state index contributed by atoms with van der Waals surface area (Å²) in [6, 6.07) is 7.17. The predicted octanol–water partition coefficient (Wildman–Crippen LogP) is 3.91. The SMILES string of the molecule is Cc1csc(Sc2ccc(NC(=O)[C@@H](N)C(C)(C)C)cc2)n1. The summed E-state index contributed by atoms with van der Waals surface area (Å²) in [6.45, 7) is 7.84. The van der Waals surface area contributed by atoms with Gasteiger partial charge in [0.15, 0.2) is 4.34 Å². The minimum Gasteiger partial charge on any atom is -0.325 e.